The van der Waals surface area contributed by atoms with Gasteiger partial charge in [0.2, 0.25) is 5.91 Å². The topological polar surface area (TPSA) is 98.0 Å². The van der Waals surface area contributed by atoms with Gasteiger partial charge in [-0.2, -0.15) is 0 Å². The molecule has 0 radical (unpaired) electrons. The molecule has 0 spiro atoms. The summed E-state index contributed by atoms with van der Waals surface area (Å²) < 4.78 is 0. The number of unbranched alkanes of at least 4 members (excludes halogenated alkanes) is 1. The minimum absolute atomic E-state index is 0.166. The summed E-state index contributed by atoms with van der Waals surface area (Å²) in [6.07, 6.45) is 8.03. The second-order valence-corrected chi connectivity index (χ2v) is 7.12. The lowest BCUT2D eigenvalue weighted by atomic mass is 10.0. The molecule has 7 heteroatoms. The molecule has 0 saturated carbocycles. The Morgan fingerprint density at radius 1 is 1.04 bits per heavy atom. The van der Waals surface area contributed by atoms with Gasteiger partial charge in [-0.25, -0.2) is 4.98 Å². The number of amides is 2. The molecule has 2 heterocycles. The minimum atomic E-state index is -0.267. The van der Waals surface area contributed by atoms with Crippen LogP contribution in [0.4, 0.5) is 5.00 Å². The number of pyridine rings is 1. The molecule has 3 rings (SSSR count). The lowest BCUT2D eigenvalue weighted by molar-refractivity contribution is -0.118. The van der Waals surface area contributed by atoms with Gasteiger partial charge in [0.05, 0.1) is 6.20 Å². The van der Waals surface area contributed by atoms with Crippen LogP contribution in [0.15, 0.2) is 55.0 Å². The molecule has 0 atom stereocenters. The van der Waals surface area contributed by atoms with Crippen molar-refractivity contribution in [2.24, 2.45) is 5.73 Å². The number of benzene rings is 1. The van der Waals surface area contributed by atoms with E-state index in [1.165, 1.54) is 11.3 Å². The molecule has 27 heavy (non-hydrogen) atoms. The first kappa shape index (κ1) is 18.7. The third-order valence-corrected chi connectivity index (χ3v) is 4.99. The van der Waals surface area contributed by atoms with Crippen molar-refractivity contribution in [3.05, 3.63) is 66.1 Å². The van der Waals surface area contributed by atoms with Crippen LogP contribution in [0.3, 0.4) is 0 Å². The molecule has 3 N–H and O–H groups in total. The van der Waals surface area contributed by atoms with Gasteiger partial charge in [0.15, 0.2) is 0 Å². The first-order valence-electron chi connectivity index (χ1n) is 8.66. The van der Waals surface area contributed by atoms with Gasteiger partial charge in [-0.15, -0.1) is 0 Å². The standard InChI is InChI=1S/C20H20N4O2S/c21-17(25)4-2-1-3-14-5-7-15(8-6-14)19(26)24-18-13-23-20(27-18)16-9-11-22-12-10-16/h5-13H,1-4H2,(H2,21,25)(H,24,26). The maximum absolute atomic E-state index is 12.4. The number of hydrogen-bond acceptors (Lipinski definition) is 5. The fraction of sp³-hybridized carbons (Fsp3) is 0.200. The molecule has 2 amide bonds. The summed E-state index contributed by atoms with van der Waals surface area (Å²) in [5.41, 5.74) is 7.83. The number of aromatic nitrogens is 2. The van der Waals surface area contributed by atoms with E-state index >= 15 is 0 Å². The van der Waals surface area contributed by atoms with Gasteiger partial charge in [-0.05, 0) is 49.1 Å². The van der Waals surface area contributed by atoms with Crippen molar-refractivity contribution in [1.82, 2.24) is 9.97 Å². The van der Waals surface area contributed by atoms with Crippen molar-refractivity contribution < 1.29 is 9.59 Å². The minimum Gasteiger partial charge on any atom is -0.370 e. The van der Waals surface area contributed by atoms with E-state index in [0.29, 0.717) is 17.0 Å². The Labute approximate surface area is 161 Å². The molecule has 2 aromatic heterocycles. The van der Waals surface area contributed by atoms with Crippen molar-refractivity contribution >= 4 is 28.2 Å². The third-order valence-electron chi connectivity index (χ3n) is 4.02. The van der Waals surface area contributed by atoms with Crippen LogP contribution in [0.5, 0.6) is 0 Å². The van der Waals surface area contributed by atoms with Crippen LogP contribution in [0, 0.1) is 0 Å². The molecule has 6 nitrogen and oxygen atoms in total. The number of carbonyl (C=O) groups excluding carboxylic acids is 2. The zero-order chi connectivity index (χ0) is 19.1. The Balaban J connectivity index is 1.55. The smallest absolute Gasteiger partial charge is 0.256 e. The second-order valence-electron chi connectivity index (χ2n) is 6.09. The fourth-order valence-corrected chi connectivity index (χ4v) is 3.41. The van der Waals surface area contributed by atoms with E-state index in [9.17, 15) is 9.59 Å². The molecule has 0 bridgehead atoms. The first-order valence-corrected chi connectivity index (χ1v) is 9.48. The van der Waals surface area contributed by atoms with E-state index in [0.717, 1.165) is 35.4 Å². The molecule has 0 aliphatic rings. The maximum atomic E-state index is 12.4. The zero-order valence-corrected chi connectivity index (χ0v) is 15.5. The van der Waals surface area contributed by atoms with Gasteiger partial charge in [-0.3, -0.25) is 14.6 Å². The van der Waals surface area contributed by atoms with Crippen LogP contribution in [0.1, 0.15) is 35.2 Å². The first-order chi connectivity index (χ1) is 13.1. The number of rotatable bonds is 8. The molecule has 0 aliphatic carbocycles. The summed E-state index contributed by atoms with van der Waals surface area (Å²) in [6.45, 7) is 0. The number of hydrogen-bond donors (Lipinski definition) is 2. The van der Waals surface area contributed by atoms with E-state index in [1.54, 1.807) is 18.6 Å². The highest BCUT2D eigenvalue weighted by Gasteiger charge is 2.10. The van der Waals surface area contributed by atoms with E-state index in [1.807, 2.05) is 36.4 Å². The Morgan fingerprint density at radius 3 is 2.48 bits per heavy atom. The predicted molar refractivity (Wildman–Crippen MR) is 106 cm³/mol. The highest BCUT2D eigenvalue weighted by atomic mass is 32.1. The van der Waals surface area contributed by atoms with Gasteiger partial charge >= 0.3 is 0 Å². The number of primary amides is 1. The van der Waals surface area contributed by atoms with Crippen molar-refractivity contribution in [3.63, 3.8) is 0 Å². The number of carbonyl (C=O) groups is 2. The highest BCUT2D eigenvalue weighted by Crippen LogP contribution is 2.28. The Morgan fingerprint density at radius 2 is 1.78 bits per heavy atom. The summed E-state index contributed by atoms with van der Waals surface area (Å²) in [5, 5.41) is 4.41. The summed E-state index contributed by atoms with van der Waals surface area (Å²) in [7, 11) is 0. The average Bonchev–Trinajstić information content (AvgIpc) is 3.15. The van der Waals surface area contributed by atoms with Gasteiger partial charge in [-0.1, -0.05) is 23.5 Å². The van der Waals surface area contributed by atoms with Crippen molar-refractivity contribution in [2.75, 3.05) is 5.32 Å². The molecule has 138 valence electrons. The van der Waals surface area contributed by atoms with Crippen molar-refractivity contribution in [2.45, 2.75) is 25.7 Å². The Kier molecular flexibility index (Phi) is 6.27. The van der Waals surface area contributed by atoms with Crippen LogP contribution in [-0.4, -0.2) is 21.8 Å². The number of nitrogens with one attached hydrogen (secondary N) is 1. The van der Waals surface area contributed by atoms with E-state index in [2.05, 4.69) is 15.3 Å². The van der Waals surface area contributed by atoms with Crippen LogP contribution in [-0.2, 0) is 11.2 Å². The number of anilines is 1. The molecule has 0 saturated heterocycles. The summed E-state index contributed by atoms with van der Waals surface area (Å²) in [5.74, 6) is -0.433. The normalized spacial score (nSPS) is 10.5. The number of nitrogens with zero attached hydrogens (tertiary/aromatic N) is 2. The second kappa shape index (κ2) is 9.05. The summed E-state index contributed by atoms with van der Waals surface area (Å²) in [4.78, 5) is 31.5. The van der Waals surface area contributed by atoms with Gasteiger partial charge < -0.3 is 11.1 Å². The highest BCUT2D eigenvalue weighted by molar-refractivity contribution is 7.19. The summed E-state index contributed by atoms with van der Waals surface area (Å²) >= 11 is 1.42. The SMILES string of the molecule is NC(=O)CCCCc1ccc(C(=O)Nc2cnc(-c3ccncc3)s2)cc1. The van der Waals surface area contributed by atoms with Crippen LogP contribution in [0.25, 0.3) is 10.6 Å². The van der Waals surface area contributed by atoms with Gasteiger partial charge in [0.25, 0.3) is 5.91 Å². The largest absolute Gasteiger partial charge is 0.370 e. The average molecular weight is 380 g/mol. The summed E-state index contributed by atoms with van der Waals surface area (Å²) in [6, 6.07) is 11.3. The molecule has 0 unspecified atom stereocenters. The monoisotopic (exact) mass is 380 g/mol. The predicted octanol–water partition coefficient (Wildman–Crippen LogP) is 3.66. The Hall–Kier alpha value is -3.06. The fourth-order valence-electron chi connectivity index (χ4n) is 2.60. The number of nitrogens with two attached hydrogens (primary N) is 1. The van der Waals surface area contributed by atoms with E-state index in [4.69, 9.17) is 5.73 Å². The van der Waals surface area contributed by atoms with E-state index in [-0.39, 0.29) is 11.8 Å². The molecule has 3 aromatic rings. The lowest BCUT2D eigenvalue weighted by Gasteiger charge is -2.04. The Bertz CT molecular complexity index is 907. The van der Waals surface area contributed by atoms with Crippen molar-refractivity contribution in [3.8, 4) is 10.6 Å². The number of thiazole rings is 1. The number of aryl methyl sites for hydroxylation is 1. The van der Waals surface area contributed by atoms with Crippen LogP contribution >= 0.6 is 11.3 Å². The molecular formula is C20H20N4O2S. The van der Waals surface area contributed by atoms with E-state index < -0.39 is 0 Å². The maximum Gasteiger partial charge on any atom is 0.256 e. The molecule has 0 aliphatic heterocycles. The molecular weight excluding hydrogens is 360 g/mol. The molecule has 1 aromatic carbocycles. The zero-order valence-electron chi connectivity index (χ0n) is 14.7. The van der Waals surface area contributed by atoms with Crippen LogP contribution in [0.2, 0.25) is 0 Å². The quantitative estimate of drug-likeness (QED) is 0.583. The van der Waals surface area contributed by atoms with Gasteiger partial charge in [0.1, 0.15) is 10.0 Å². The van der Waals surface area contributed by atoms with Crippen LogP contribution < -0.4 is 11.1 Å². The van der Waals surface area contributed by atoms with Crippen molar-refractivity contribution in [1.29, 1.82) is 0 Å². The third kappa shape index (κ3) is 5.46. The lowest BCUT2D eigenvalue weighted by Crippen LogP contribution is -2.11. The molecule has 0 fully saturated rings. The van der Waals surface area contributed by atoms with Gasteiger partial charge in [0, 0.05) is 29.9 Å².